The number of carbonyl (C=O) groups excluding carboxylic acids is 1. The third kappa shape index (κ3) is 3.18. The lowest BCUT2D eigenvalue weighted by atomic mass is 9.76. The first-order valence-electron chi connectivity index (χ1n) is 7.31. The van der Waals surface area contributed by atoms with Crippen molar-refractivity contribution in [2.45, 2.75) is 39.7 Å². The Balaban J connectivity index is 1.98. The molecule has 2 N–H and O–H groups in total. The van der Waals surface area contributed by atoms with Crippen molar-refractivity contribution in [3.63, 3.8) is 0 Å². The number of hydrogen-bond acceptors (Lipinski definition) is 2. The highest BCUT2D eigenvalue weighted by Crippen LogP contribution is 2.32. The lowest BCUT2D eigenvalue weighted by molar-refractivity contribution is -0.133. The van der Waals surface area contributed by atoms with Crippen LogP contribution < -0.4 is 10.6 Å². The van der Waals surface area contributed by atoms with E-state index in [0.717, 1.165) is 37.9 Å². The predicted octanol–water partition coefficient (Wildman–Crippen LogP) is 2.53. The highest BCUT2D eigenvalue weighted by Gasteiger charge is 2.37. The first-order chi connectivity index (χ1) is 9.57. The summed E-state index contributed by atoms with van der Waals surface area (Å²) in [5, 5.41) is 6.26. The minimum atomic E-state index is -0.255. The van der Waals surface area contributed by atoms with Crippen LogP contribution in [0.25, 0.3) is 0 Å². The molecule has 1 aliphatic rings. The number of nitrogens with one attached hydrogen (secondary N) is 2. The highest BCUT2D eigenvalue weighted by atomic mass is 19.1. The lowest BCUT2D eigenvalue weighted by Gasteiger charge is -2.35. The lowest BCUT2D eigenvalue weighted by Crippen LogP contribution is -2.47. The van der Waals surface area contributed by atoms with Crippen LogP contribution in [0.2, 0.25) is 0 Å². The van der Waals surface area contributed by atoms with Gasteiger partial charge in [0.25, 0.3) is 0 Å². The first-order valence-corrected chi connectivity index (χ1v) is 7.31. The van der Waals surface area contributed by atoms with E-state index in [9.17, 15) is 9.18 Å². The van der Waals surface area contributed by atoms with Crippen molar-refractivity contribution in [3.05, 3.63) is 35.1 Å². The monoisotopic (exact) mass is 278 g/mol. The fourth-order valence-corrected chi connectivity index (χ4v) is 2.76. The number of benzene rings is 1. The summed E-state index contributed by atoms with van der Waals surface area (Å²) in [6.07, 6.45) is 2.60. The van der Waals surface area contributed by atoms with Gasteiger partial charge in [-0.1, -0.05) is 19.1 Å². The van der Waals surface area contributed by atoms with E-state index in [1.54, 1.807) is 13.0 Å². The molecular formula is C16H23FN2O. The molecule has 0 unspecified atom stereocenters. The predicted molar refractivity (Wildman–Crippen MR) is 77.8 cm³/mol. The fourth-order valence-electron chi connectivity index (χ4n) is 2.76. The highest BCUT2D eigenvalue weighted by molar-refractivity contribution is 5.82. The van der Waals surface area contributed by atoms with Gasteiger partial charge in [0.15, 0.2) is 0 Å². The summed E-state index contributed by atoms with van der Waals surface area (Å²) in [7, 11) is 0. The second-order valence-corrected chi connectivity index (χ2v) is 5.65. The standard InChI is InChI=1S/C16H23FN2O/c1-3-16(6-8-18-9-7-16)15(20)19-11-13-5-4-12(2)14(17)10-13/h4-5,10,18H,3,6-9,11H2,1-2H3,(H,19,20). The number of piperidine rings is 1. The van der Waals surface area contributed by atoms with Crippen LogP contribution in [-0.4, -0.2) is 19.0 Å². The average molecular weight is 278 g/mol. The molecule has 4 heteroatoms. The Bertz CT molecular complexity index is 481. The normalized spacial score (nSPS) is 17.8. The van der Waals surface area contributed by atoms with Gasteiger partial charge >= 0.3 is 0 Å². The molecule has 1 amide bonds. The van der Waals surface area contributed by atoms with Crippen LogP contribution in [0.5, 0.6) is 0 Å². The van der Waals surface area contributed by atoms with E-state index in [2.05, 4.69) is 17.6 Å². The van der Waals surface area contributed by atoms with Crippen molar-refractivity contribution in [2.24, 2.45) is 5.41 Å². The first kappa shape index (κ1) is 15.0. The Morgan fingerprint density at radius 2 is 2.10 bits per heavy atom. The van der Waals surface area contributed by atoms with E-state index in [1.807, 2.05) is 6.07 Å². The summed E-state index contributed by atoms with van der Waals surface area (Å²) in [6, 6.07) is 5.10. The van der Waals surface area contributed by atoms with E-state index in [4.69, 9.17) is 0 Å². The number of rotatable bonds is 4. The summed E-state index contributed by atoms with van der Waals surface area (Å²) >= 11 is 0. The molecule has 110 valence electrons. The zero-order valence-electron chi connectivity index (χ0n) is 12.3. The molecule has 20 heavy (non-hydrogen) atoms. The summed E-state index contributed by atoms with van der Waals surface area (Å²) in [4.78, 5) is 12.4. The Hall–Kier alpha value is -1.42. The second-order valence-electron chi connectivity index (χ2n) is 5.65. The SMILES string of the molecule is CCC1(C(=O)NCc2ccc(C)c(F)c2)CCNCC1. The van der Waals surface area contributed by atoms with Gasteiger partial charge in [0.05, 0.1) is 5.41 Å². The molecule has 1 aromatic rings. The summed E-state index contributed by atoms with van der Waals surface area (Å²) in [5.74, 6) is -0.119. The molecule has 0 spiro atoms. The Kier molecular flexibility index (Phi) is 4.76. The van der Waals surface area contributed by atoms with Gasteiger partial charge in [-0.3, -0.25) is 4.79 Å². The molecule has 0 saturated carbocycles. The largest absolute Gasteiger partial charge is 0.352 e. The number of aryl methyl sites for hydroxylation is 1. The molecule has 1 aromatic carbocycles. The van der Waals surface area contributed by atoms with Crippen LogP contribution in [0.15, 0.2) is 18.2 Å². The van der Waals surface area contributed by atoms with Crippen molar-refractivity contribution < 1.29 is 9.18 Å². The van der Waals surface area contributed by atoms with E-state index in [1.165, 1.54) is 6.07 Å². The summed E-state index contributed by atoms with van der Waals surface area (Å²) in [5.41, 5.74) is 1.18. The minimum Gasteiger partial charge on any atom is -0.352 e. The molecule has 0 aliphatic carbocycles. The van der Waals surface area contributed by atoms with Crippen LogP contribution in [0.3, 0.4) is 0 Å². The smallest absolute Gasteiger partial charge is 0.226 e. The van der Waals surface area contributed by atoms with Crippen LogP contribution in [0.4, 0.5) is 4.39 Å². The van der Waals surface area contributed by atoms with E-state index in [0.29, 0.717) is 12.1 Å². The van der Waals surface area contributed by atoms with Crippen LogP contribution >= 0.6 is 0 Å². The molecular weight excluding hydrogens is 255 g/mol. The van der Waals surface area contributed by atoms with Crippen molar-refractivity contribution >= 4 is 5.91 Å². The maximum Gasteiger partial charge on any atom is 0.226 e. The molecule has 1 heterocycles. The third-order valence-electron chi connectivity index (χ3n) is 4.41. The van der Waals surface area contributed by atoms with Crippen LogP contribution in [0, 0.1) is 18.2 Å². The second kappa shape index (κ2) is 6.35. The van der Waals surface area contributed by atoms with Gasteiger partial charge in [-0.2, -0.15) is 0 Å². The number of amides is 1. The number of carbonyl (C=O) groups is 1. The van der Waals surface area contributed by atoms with Crippen molar-refractivity contribution in [1.82, 2.24) is 10.6 Å². The quantitative estimate of drug-likeness (QED) is 0.888. The van der Waals surface area contributed by atoms with Gasteiger partial charge < -0.3 is 10.6 Å². The Morgan fingerprint density at radius 3 is 2.70 bits per heavy atom. The minimum absolute atomic E-state index is 0.0995. The molecule has 3 nitrogen and oxygen atoms in total. The zero-order valence-corrected chi connectivity index (χ0v) is 12.3. The maximum absolute atomic E-state index is 13.5. The molecule has 0 atom stereocenters. The Labute approximate surface area is 120 Å². The zero-order chi connectivity index (χ0) is 14.6. The Morgan fingerprint density at radius 1 is 1.40 bits per heavy atom. The van der Waals surface area contributed by atoms with Gasteiger partial charge in [0, 0.05) is 6.54 Å². The van der Waals surface area contributed by atoms with Gasteiger partial charge in [0.2, 0.25) is 5.91 Å². The van der Waals surface area contributed by atoms with Crippen molar-refractivity contribution in [3.8, 4) is 0 Å². The van der Waals surface area contributed by atoms with Gasteiger partial charge in [-0.25, -0.2) is 4.39 Å². The van der Waals surface area contributed by atoms with E-state index < -0.39 is 0 Å². The molecule has 1 fully saturated rings. The van der Waals surface area contributed by atoms with Crippen molar-refractivity contribution in [2.75, 3.05) is 13.1 Å². The number of halogens is 1. The van der Waals surface area contributed by atoms with E-state index in [-0.39, 0.29) is 17.1 Å². The summed E-state index contributed by atoms with van der Waals surface area (Å²) < 4.78 is 13.5. The maximum atomic E-state index is 13.5. The average Bonchev–Trinajstić information content (AvgIpc) is 2.48. The molecule has 0 aromatic heterocycles. The van der Waals surface area contributed by atoms with E-state index >= 15 is 0 Å². The van der Waals surface area contributed by atoms with Crippen molar-refractivity contribution in [1.29, 1.82) is 0 Å². The number of hydrogen-bond donors (Lipinski definition) is 2. The van der Waals surface area contributed by atoms with Gasteiger partial charge in [0.1, 0.15) is 5.82 Å². The van der Waals surface area contributed by atoms with Crippen LogP contribution in [-0.2, 0) is 11.3 Å². The van der Waals surface area contributed by atoms with Gasteiger partial charge in [-0.15, -0.1) is 0 Å². The summed E-state index contributed by atoms with van der Waals surface area (Å²) in [6.45, 7) is 5.97. The molecule has 1 saturated heterocycles. The molecule has 1 aliphatic heterocycles. The van der Waals surface area contributed by atoms with Gasteiger partial charge in [-0.05, 0) is 56.5 Å². The molecule has 0 radical (unpaired) electrons. The topological polar surface area (TPSA) is 41.1 Å². The fraction of sp³-hybridized carbons (Fsp3) is 0.562. The molecule has 2 rings (SSSR count). The molecule has 0 bridgehead atoms. The van der Waals surface area contributed by atoms with Crippen LogP contribution in [0.1, 0.15) is 37.3 Å². The third-order valence-corrected chi connectivity index (χ3v) is 4.41.